The van der Waals surface area contributed by atoms with Crippen molar-refractivity contribution >= 4 is 18.0 Å². The number of H-pyrrole nitrogens is 1. The van der Waals surface area contributed by atoms with Gasteiger partial charge >= 0.3 is 0 Å². The molecule has 1 fully saturated rings. The predicted octanol–water partition coefficient (Wildman–Crippen LogP) is 4.40. The Hall–Kier alpha value is -0.900. The highest BCUT2D eigenvalue weighted by Gasteiger charge is 2.18. The minimum atomic E-state index is 0.0312. The second-order valence-electron chi connectivity index (χ2n) is 6.23. The van der Waals surface area contributed by atoms with Crippen molar-refractivity contribution < 1.29 is 0 Å². The molecule has 0 radical (unpaired) electrons. The third-order valence-electron chi connectivity index (χ3n) is 3.26. The fourth-order valence-corrected chi connectivity index (χ4v) is 2.73. The molecular weight excluding hydrogens is 242 g/mol. The quantitative estimate of drug-likeness (QED) is 0.779. The highest BCUT2D eigenvalue weighted by molar-refractivity contribution is 7.71. The van der Waals surface area contributed by atoms with E-state index in [0.717, 1.165) is 11.6 Å². The van der Waals surface area contributed by atoms with Crippen molar-refractivity contribution in [1.29, 1.82) is 0 Å². The van der Waals surface area contributed by atoms with Crippen LogP contribution in [0.5, 0.6) is 0 Å². The van der Waals surface area contributed by atoms with E-state index in [2.05, 4.69) is 36.1 Å². The molecule has 1 aliphatic carbocycles. The van der Waals surface area contributed by atoms with Gasteiger partial charge in [0.15, 0.2) is 0 Å². The molecule has 0 spiro atoms. The zero-order valence-electron chi connectivity index (χ0n) is 11.5. The van der Waals surface area contributed by atoms with Gasteiger partial charge in [-0.1, -0.05) is 31.5 Å². The smallest absolute Gasteiger partial charge is 0.131 e. The highest BCUT2D eigenvalue weighted by atomic mass is 32.1. The van der Waals surface area contributed by atoms with Crippen LogP contribution in [0.15, 0.2) is 6.07 Å². The minimum Gasteiger partial charge on any atom is -0.367 e. The third-order valence-corrected chi connectivity index (χ3v) is 3.47. The summed E-state index contributed by atoms with van der Waals surface area (Å²) >= 11 is 5.27. The fraction of sp³-hybridized carbons (Fsp3) is 0.714. The number of aromatic nitrogens is 2. The van der Waals surface area contributed by atoms with Gasteiger partial charge < -0.3 is 10.3 Å². The lowest BCUT2D eigenvalue weighted by atomic mass is 9.89. The maximum absolute atomic E-state index is 5.27. The number of nitrogens with one attached hydrogen (secondary N) is 2. The molecule has 2 rings (SSSR count). The normalized spacial score (nSPS) is 17.7. The van der Waals surface area contributed by atoms with Crippen LogP contribution in [0.2, 0.25) is 0 Å². The summed E-state index contributed by atoms with van der Waals surface area (Å²) in [5, 5.41) is 3.44. The highest BCUT2D eigenvalue weighted by Crippen LogP contribution is 2.31. The zero-order valence-corrected chi connectivity index (χ0v) is 12.4. The van der Waals surface area contributed by atoms with E-state index in [-0.39, 0.29) is 5.54 Å². The van der Waals surface area contributed by atoms with Gasteiger partial charge in [-0.2, -0.15) is 0 Å². The van der Waals surface area contributed by atoms with Crippen molar-refractivity contribution in [2.24, 2.45) is 0 Å². The summed E-state index contributed by atoms with van der Waals surface area (Å²) in [4.78, 5) is 7.93. The Morgan fingerprint density at radius 2 is 1.94 bits per heavy atom. The molecule has 0 unspecified atom stereocenters. The van der Waals surface area contributed by atoms with Crippen LogP contribution in [0.1, 0.15) is 64.6 Å². The van der Waals surface area contributed by atoms with Crippen LogP contribution in [0.3, 0.4) is 0 Å². The largest absolute Gasteiger partial charge is 0.367 e. The molecule has 0 atom stereocenters. The predicted molar refractivity (Wildman–Crippen MR) is 78.6 cm³/mol. The lowest BCUT2D eigenvalue weighted by molar-refractivity contribution is 0.428. The number of aromatic amines is 1. The van der Waals surface area contributed by atoms with E-state index in [1.807, 2.05) is 6.07 Å². The Balaban J connectivity index is 2.23. The Morgan fingerprint density at radius 3 is 2.56 bits per heavy atom. The number of rotatable bonds is 2. The van der Waals surface area contributed by atoms with Crippen LogP contribution in [0, 0.1) is 4.64 Å². The summed E-state index contributed by atoms with van der Waals surface area (Å²) in [5.41, 5.74) is 0.0312. The summed E-state index contributed by atoms with van der Waals surface area (Å²) in [6, 6.07) is 1.91. The van der Waals surface area contributed by atoms with Gasteiger partial charge in [0.25, 0.3) is 0 Å². The van der Waals surface area contributed by atoms with E-state index in [1.165, 1.54) is 32.1 Å². The maximum Gasteiger partial charge on any atom is 0.131 e. The number of nitrogens with zero attached hydrogens (tertiary/aromatic N) is 1. The lowest BCUT2D eigenvalue weighted by Gasteiger charge is -2.24. The molecule has 0 saturated heterocycles. The molecule has 4 heteroatoms. The first-order valence-electron chi connectivity index (χ1n) is 6.83. The van der Waals surface area contributed by atoms with Crippen LogP contribution in [0.25, 0.3) is 0 Å². The maximum atomic E-state index is 5.27. The van der Waals surface area contributed by atoms with Gasteiger partial charge in [-0.15, -0.1) is 0 Å². The summed E-state index contributed by atoms with van der Waals surface area (Å²) < 4.78 is 0.682. The SMILES string of the molecule is CC(C)(C)Nc1cc(=S)nc(C2CCCCC2)[nH]1. The first kappa shape index (κ1) is 13.5. The minimum absolute atomic E-state index is 0.0312. The summed E-state index contributed by atoms with van der Waals surface area (Å²) in [5.74, 6) is 2.61. The average molecular weight is 265 g/mol. The molecule has 2 N–H and O–H groups in total. The van der Waals surface area contributed by atoms with E-state index < -0.39 is 0 Å². The molecule has 0 aromatic carbocycles. The molecule has 0 bridgehead atoms. The monoisotopic (exact) mass is 265 g/mol. The zero-order chi connectivity index (χ0) is 13.2. The van der Waals surface area contributed by atoms with E-state index in [1.54, 1.807) is 0 Å². The third kappa shape index (κ3) is 3.80. The summed E-state index contributed by atoms with van der Waals surface area (Å²) in [6.07, 6.45) is 6.44. The van der Waals surface area contributed by atoms with E-state index in [9.17, 15) is 0 Å². The van der Waals surface area contributed by atoms with Crippen molar-refractivity contribution in [2.75, 3.05) is 5.32 Å². The van der Waals surface area contributed by atoms with Gasteiger partial charge in [0.1, 0.15) is 16.3 Å². The molecule has 1 aromatic rings. The average Bonchev–Trinajstić information content (AvgIpc) is 2.27. The molecule has 18 heavy (non-hydrogen) atoms. The topological polar surface area (TPSA) is 40.7 Å². The molecule has 1 aromatic heterocycles. The first-order chi connectivity index (χ1) is 8.44. The molecule has 1 heterocycles. The van der Waals surface area contributed by atoms with Crippen molar-refractivity contribution in [3.63, 3.8) is 0 Å². The summed E-state index contributed by atoms with van der Waals surface area (Å²) in [7, 11) is 0. The van der Waals surface area contributed by atoms with Crippen molar-refractivity contribution in [3.05, 3.63) is 16.5 Å². The molecule has 1 aliphatic rings. The summed E-state index contributed by atoms with van der Waals surface area (Å²) in [6.45, 7) is 6.43. The Morgan fingerprint density at radius 1 is 1.28 bits per heavy atom. The van der Waals surface area contributed by atoms with Gasteiger partial charge in [-0.3, -0.25) is 0 Å². The van der Waals surface area contributed by atoms with Gasteiger partial charge in [-0.05, 0) is 33.6 Å². The molecule has 0 aliphatic heterocycles. The Labute approximate surface area is 114 Å². The number of hydrogen-bond donors (Lipinski definition) is 2. The molecule has 1 saturated carbocycles. The standard InChI is InChI=1S/C14H23N3S/c1-14(2,3)17-11-9-12(18)16-13(15-11)10-7-5-4-6-8-10/h9-10H,4-8H2,1-3H3,(H2,15,16,17,18). The van der Waals surface area contributed by atoms with Crippen molar-refractivity contribution in [3.8, 4) is 0 Å². The van der Waals surface area contributed by atoms with Gasteiger partial charge in [0, 0.05) is 17.5 Å². The van der Waals surface area contributed by atoms with Crippen LogP contribution in [-0.2, 0) is 0 Å². The van der Waals surface area contributed by atoms with E-state index in [4.69, 9.17) is 12.2 Å². The lowest BCUT2D eigenvalue weighted by Crippen LogP contribution is -2.27. The van der Waals surface area contributed by atoms with E-state index >= 15 is 0 Å². The van der Waals surface area contributed by atoms with Crippen LogP contribution in [-0.4, -0.2) is 15.5 Å². The van der Waals surface area contributed by atoms with Crippen LogP contribution < -0.4 is 5.32 Å². The second kappa shape index (κ2) is 5.39. The molecular formula is C14H23N3S. The first-order valence-corrected chi connectivity index (χ1v) is 7.24. The number of anilines is 1. The Kier molecular flexibility index (Phi) is 4.05. The molecule has 0 amide bonds. The fourth-order valence-electron chi connectivity index (χ4n) is 2.52. The second-order valence-corrected chi connectivity index (χ2v) is 6.65. The van der Waals surface area contributed by atoms with Crippen molar-refractivity contribution in [1.82, 2.24) is 9.97 Å². The van der Waals surface area contributed by atoms with Crippen LogP contribution in [0.4, 0.5) is 5.82 Å². The van der Waals surface area contributed by atoms with E-state index in [0.29, 0.717) is 10.6 Å². The van der Waals surface area contributed by atoms with Gasteiger partial charge in [0.05, 0.1) is 0 Å². The molecule has 100 valence electrons. The molecule has 3 nitrogen and oxygen atoms in total. The van der Waals surface area contributed by atoms with Crippen LogP contribution >= 0.6 is 12.2 Å². The van der Waals surface area contributed by atoms with Gasteiger partial charge in [-0.25, -0.2) is 4.98 Å². The number of hydrogen-bond acceptors (Lipinski definition) is 3. The van der Waals surface area contributed by atoms with Crippen molar-refractivity contribution in [2.45, 2.75) is 64.3 Å². The Bertz CT molecular complexity index is 453. The van der Waals surface area contributed by atoms with Gasteiger partial charge in [0.2, 0.25) is 0 Å².